The lowest BCUT2D eigenvalue weighted by atomic mass is 10.1. The molecule has 1 unspecified atom stereocenters. The molecule has 1 atom stereocenters. The van der Waals surface area contributed by atoms with E-state index in [1.165, 1.54) is 7.05 Å². The predicted octanol–water partition coefficient (Wildman–Crippen LogP) is 1.04. The second kappa shape index (κ2) is 3.14. The Balaban J connectivity index is 2.51. The summed E-state index contributed by atoms with van der Waals surface area (Å²) < 4.78 is 0. The summed E-state index contributed by atoms with van der Waals surface area (Å²) in [6.45, 7) is 1.99. The van der Waals surface area contributed by atoms with E-state index in [-0.39, 0.29) is 17.0 Å². The van der Waals surface area contributed by atoms with Crippen LogP contribution >= 0.6 is 9.24 Å². The smallest absolute Gasteiger partial charge is 0.261 e. The molecule has 15 heavy (non-hydrogen) atoms. The molecule has 0 fully saturated rings. The molecule has 78 valence electrons. The highest BCUT2D eigenvalue weighted by atomic mass is 31.0. The first-order chi connectivity index (χ1) is 6.92. The maximum atomic E-state index is 11.7. The van der Waals surface area contributed by atoms with Crippen LogP contribution in [0, 0.1) is 0 Å². The minimum absolute atomic E-state index is 0.191. The van der Waals surface area contributed by atoms with Gasteiger partial charge in [0.05, 0.1) is 11.1 Å². The van der Waals surface area contributed by atoms with Gasteiger partial charge >= 0.3 is 0 Å². The van der Waals surface area contributed by atoms with E-state index in [9.17, 15) is 9.59 Å². The van der Waals surface area contributed by atoms with Crippen molar-refractivity contribution in [1.82, 2.24) is 4.90 Å². The summed E-state index contributed by atoms with van der Waals surface area (Å²) in [5.41, 5.74) is 0.981. The Morgan fingerprint density at radius 1 is 1.13 bits per heavy atom. The molecule has 3 nitrogen and oxygen atoms in total. The number of nitrogens with zero attached hydrogens (tertiary/aromatic N) is 1. The van der Waals surface area contributed by atoms with E-state index in [2.05, 4.69) is 9.24 Å². The van der Waals surface area contributed by atoms with Crippen LogP contribution in [0.25, 0.3) is 0 Å². The summed E-state index contributed by atoms with van der Waals surface area (Å²) in [5, 5.41) is -0.191. The quantitative estimate of drug-likeness (QED) is 0.452. The number of carbonyl (C=O) groups excluding carboxylic acids is 2. The van der Waals surface area contributed by atoms with Crippen LogP contribution in [0.1, 0.15) is 6.92 Å². The van der Waals surface area contributed by atoms with Crippen LogP contribution in [-0.2, 0) is 9.59 Å². The van der Waals surface area contributed by atoms with E-state index in [1.54, 1.807) is 12.2 Å². The molecule has 0 N–H and O–H groups in total. The van der Waals surface area contributed by atoms with Gasteiger partial charge in [-0.05, 0) is 6.92 Å². The molecule has 2 amide bonds. The van der Waals surface area contributed by atoms with Gasteiger partial charge in [0.15, 0.2) is 0 Å². The maximum Gasteiger partial charge on any atom is 0.261 e. The SMILES string of the molecule is CN1C(=O)C2=C(C=CC(C)(P)C=C2)C1=O. The van der Waals surface area contributed by atoms with Crippen molar-refractivity contribution < 1.29 is 9.59 Å². The molecule has 0 saturated carbocycles. The molecule has 0 saturated heterocycles. The average molecular weight is 221 g/mol. The third-order valence-corrected chi connectivity index (χ3v) is 2.96. The van der Waals surface area contributed by atoms with Gasteiger partial charge in [-0.1, -0.05) is 24.3 Å². The third kappa shape index (κ3) is 1.57. The fourth-order valence-electron chi connectivity index (χ4n) is 1.59. The highest BCUT2D eigenvalue weighted by Crippen LogP contribution is 2.30. The van der Waals surface area contributed by atoms with E-state index < -0.39 is 0 Å². The predicted molar refractivity (Wildman–Crippen MR) is 61.2 cm³/mol. The van der Waals surface area contributed by atoms with Gasteiger partial charge < -0.3 is 0 Å². The van der Waals surface area contributed by atoms with Crippen molar-refractivity contribution >= 4 is 21.1 Å². The lowest BCUT2D eigenvalue weighted by Crippen LogP contribution is -2.27. The van der Waals surface area contributed by atoms with Gasteiger partial charge in [-0.25, -0.2) is 0 Å². The van der Waals surface area contributed by atoms with Crippen molar-refractivity contribution in [1.29, 1.82) is 0 Å². The number of rotatable bonds is 0. The van der Waals surface area contributed by atoms with E-state index in [0.717, 1.165) is 4.90 Å². The zero-order valence-electron chi connectivity index (χ0n) is 8.65. The van der Waals surface area contributed by atoms with Gasteiger partial charge in [0.25, 0.3) is 11.8 Å². The Kier molecular flexibility index (Phi) is 2.16. The summed E-state index contributed by atoms with van der Waals surface area (Å²) in [5.74, 6) is -0.447. The number of hydrogen-bond donors (Lipinski definition) is 0. The lowest BCUT2D eigenvalue weighted by molar-refractivity contribution is -0.135. The van der Waals surface area contributed by atoms with Gasteiger partial charge in [-0.15, -0.1) is 9.24 Å². The number of allylic oxidation sites excluding steroid dienone is 2. The minimum Gasteiger partial charge on any atom is -0.277 e. The molecule has 0 radical (unpaired) electrons. The van der Waals surface area contributed by atoms with Crippen LogP contribution in [0.2, 0.25) is 0 Å². The average Bonchev–Trinajstić information content (AvgIpc) is 2.34. The second-order valence-corrected chi connectivity index (χ2v) is 5.27. The van der Waals surface area contributed by atoms with Crippen molar-refractivity contribution in [3.8, 4) is 0 Å². The fourth-order valence-corrected chi connectivity index (χ4v) is 1.78. The van der Waals surface area contributed by atoms with E-state index >= 15 is 0 Å². The van der Waals surface area contributed by atoms with E-state index in [4.69, 9.17) is 0 Å². The van der Waals surface area contributed by atoms with Crippen LogP contribution in [-0.4, -0.2) is 28.9 Å². The summed E-state index contributed by atoms with van der Waals surface area (Å²) >= 11 is 0. The Hall–Kier alpha value is -1.21. The number of carbonyl (C=O) groups is 2. The van der Waals surface area contributed by atoms with Gasteiger partial charge in [0.2, 0.25) is 0 Å². The van der Waals surface area contributed by atoms with E-state index in [0.29, 0.717) is 11.1 Å². The summed E-state index contributed by atoms with van der Waals surface area (Å²) in [6.07, 6.45) is 7.26. The van der Waals surface area contributed by atoms with E-state index in [1.807, 2.05) is 19.1 Å². The molecular weight excluding hydrogens is 209 g/mol. The van der Waals surface area contributed by atoms with Crippen molar-refractivity contribution in [3.63, 3.8) is 0 Å². The van der Waals surface area contributed by atoms with Crippen molar-refractivity contribution in [2.24, 2.45) is 0 Å². The first kappa shape index (κ1) is 10.3. The standard InChI is InChI=1S/C11H12NO2P/c1-11(15)5-3-7-8(4-6-11)10(14)12(2)9(7)13/h3-6H,15H2,1-2H3. The molecule has 0 spiro atoms. The zero-order valence-corrected chi connectivity index (χ0v) is 9.81. The number of likely N-dealkylation sites (N-methyl/N-ethyl adjacent to an activating group) is 1. The minimum atomic E-state index is -0.224. The molecule has 0 aromatic heterocycles. The maximum absolute atomic E-state index is 11.7. The second-order valence-electron chi connectivity index (χ2n) is 4.03. The summed E-state index contributed by atoms with van der Waals surface area (Å²) in [4.78, 5) is 24.5. The Morgan fingerprint density at radius 3 is 1.93 bits per heavy atom. The van der Waals surface area contributed by atoms with Crippen LogP contribution in [0.15, 0.2) is 35.5 Å². The van der Waals surface area contributed by atoms with Crippen molar-refractivity contribution in [3.05, 3.63) is 35.5 Å². The van der Waals surface area contributed by atoms with Gasteiger partial charge in [-0.2, -0.15) is 0 Å². The third-order valence-electron chi connectivity index (χ3n) is 2.58. The zero-order chi connectivity index (χ0) is 11.2. The number of hydrogen-bond acceptors (Lipinski definition) is 2. The Bertz CT molecular complexity index is 406. The van der Waals surface area contributed by atoms with Crippen LogP contribution < -0.4 is 0 Å². The van der Waals surface area contributed by atoms with Gasteiger partial charge in [0, 0.05) is 12.2 Å². The van der Waals surface area contributed by atoms with Crippen molar-refractivity contribution in [2.75, 3.05) is 7.05 Å². The normalized spacial score (nSPS) is 23.5. The van der Waals surface area contributed by atoms with Gasteiger partial charge in [0.1, 0.15) is 0 Å². The highest BCUT2D eigenvalue weighted by Gasteiger charge is 2.34. The molecule has 2 aliphatic rings. The topological polar surface area (TPSA) is 37.4 Å². The van der Waals surface area contributed by atoms with Crippen LogP contribution in [0.5, 0.6) is 0 Å². The molecule has 2 rings (SSSR count). The Morgan fingerprint density at radius 2 is 1.53 bits per heavy atom. The highest BCUT2D eigenvalue weighted by molar-refractivity contribution is 7.19. The summed E-state index contributed by atoms with van der Waals surface area (Å²) in [7, 11) is 4.17. The first-order valence-corrected chi connectivity index (χ1v) is 5.24. The first-order valence-electron chi connectivity index (χ1n) is 4.66. The molecule has 1 aliphatic carbocycles. The molecule has 4 heteroatoms. The molecule has 1 aliphatic heterocycles. The monoisotopic (exact) mass is 221 g/mol. The summed E-state index contributed by atoms with van der Waals surface area (Å²) in [6, 6.07) is 0. The number of imide groups is 1. The number of amides is 2. The molecule has 1 heterocycles. The molecule has 0 aromatic rings. The largest absolute Gasteiger partial charge is 0.277 e. The fraction of sp³-hybridized carbons (Fsp3) is 0.273. The lowest BCUT2D eigenvalue weighted by Gasteiger charge is -2.13. The Labute approximate surface area is 90.7 Å². The van der Waals surface area contributed by atoms with Crippen LogP contribution in [0.3, 0.4) is 0 Å². The van der Waals surface area contributed by atoms with Crippen LogP contribution in [0.4, 0.5) is 0 Å². The molecule has 0 aromatic carbocycles. The molecule has 0 bridgehead atoms. The molecular formula is C11H12NO2P. The van der Waals surface area contributed by atoms with Gasteiger partial charge in [-0.3, -0.25) is 14.5 Å². The van der Waals surface area contributed by atoms with Crippen molar-refractivity contribution in [2.45, 2.75) is 12.1 Å².